The van der Waals surface area contributed by atoms with Gasteiger partial charge in [-0.3, -0.25) is 4.79 Å². The molecule has 2 unspecified atom stereocenters. The monoisotopic (exact) mass is 295 g/mol. The van der Waals surface area contributed by atoms with Crippen molar-refractivity contribution in [2.24, 2.45) is 11.8 Å². The van der Waals surface area contributed by atoms with Crippen molar-refractivity contribution in [3.63, 3.8) is 0 Å². The van der Waals surface area contributed by atoms with Crippen LogP contribution in [0.4, 0.5) is 5.69 Å². The molecule has 0 aromatic heterocycles. The number of halogens is 1. The molecule has 0 aliphatic heterocycles. The molecule has 1 fully saturated rings. The Morgan fingerprint density at radius 3 is 2.40 bits per heavy atom. The average molecular weight is 296 g/mol. The molecule has 1 aliphatic rings. The first-order chi connectivity index (χ1) is 9.56. The van der Waals surface area contributed by atoms with E-state index in [1.54, 1.807) is 12.1 Å². The molecule has 0 bridgehead atoms. The van der Waals surface area contributed by atoms with Gasteiger partial charge in [0.15, 0.2) is 0 Å². The summed E-state index contributed by atoms with van der Waals surface area (Å²) in [6.45, 7) is 6.47. The van der Waals surface area contributed by atoms with Gasteiger partial charge in [0.05, 0.1) is 0 Å². The smallest absolute Gasteiger partial charge is 0.227 e. The second kappa shape index (κ2) is 9.02. The van der Waals surface area contributed by atoms with Crippen LogP contribution in [-0.2, 0) is 4.79 Å². The highest BCUT2D eigenvalue weighted by Gasteiger charge is 2.24. The summed E-state index contributed by atoms with van der Waals surface area (Å²) >= 11 is 5.80. The number of benzene rings is 1. The van der Waals surface area contributed by atoms with Gasteiger partial charge in [0.2, 0.25) is 5.91 Å². The van der Waals surface area contributed by atoms with E-state index in [1.165, 1.54) is 19.3 Å². The normalized spacial score (nSPS) is 21.6. The third-order valence-corrected chi connectivity index (χ3v) is 3.67. The summed E-state index contributed by atoms with van der Waals surface area (Å²) in [4.78, 5) is 12.1. The number of nitrogens with one attached hydrogen (secondary N) is 1. The highest BCUT2D eigenvalue weighted by molar-refractivity contribution is 6.30. The summed E-state index contributed by atoms with van der Waals surface area (Å²) in [6, 6.07) is 7.26. The topological polar surface area (TPSA) is 29.1 Å². The minimum absolute atomic E-state index is 0.152. The van der Waals surface area contributed by atoms with Gasteiger partial charge in [-0.05, 0) is 43.0 Å². The molecule has 20 heavy (non-hydrogen) atoms. The van der Waals surface area contributed by atoms with Crippen LogP contribution in [0.2, 0.25) is 5.02 Å². The standard InChI is InChI=1S/C14H18ClNO.C3H8/c1-10-3-2-4-11(9-10)14(17)16-13-7-5-12(15)6-8-13;1-3-2/h5-8,10-11H,2-4,9H2,1H3,(H,16,17);3H2,1-2H3. The molecule has 1 aromatic rings. The Balaban J connectivity index is 0.000000612. The summed E-state index contributed by atoms with van der Waals surface area (Å²) < 4.78 is 0. The lowest BCUT2D eigenvalue weighted by Gasteiger charge is -2.25. The highest BCUT2D eigenvalue weighted by atomic mass is 35.5. The zero-order chi connectivity index (χ0) is 15.0. The zero-order valence-corrected chi connectivity index (χ0v) is 13.5. The molecule has 2 rings (SSSR count). The molecule has 3 heteroatoms. The van der Waals surface area contributed by atoms with Gasteiger partial charge >= 0.3 is 0 Å². The zero-order valence-electron chi connectivity index (χ0n) is 12.8. The second-order valence-corrected chi connectivity index (χ2v) is 6.11. The van der Waals surface area contributed by atoms with E-state index in [0.717, 1.165) is 18.5 Å². The van der Waals surface area contributed by atoms with Gasteiger partial charge in [-0.1, -0.05) is 51.6 Å². The Morgan fingerprint density at radius 1 is 1.25 bits per heavy atom. The lowest BCUT2D eigenvalue weighted by Crippen LogP contribution is -2.27. The second-order valence-electron chi connectivity index (χ2n) is 5.67. The summed E-state index contributed by atoms with van der Waals surface area (Å²) in [5.74, 6) is 0.998. The fourth-order valence-corrected chi connectivity index (χ4v) is 2.58. The van der Waals surface area contributed by atoms with Crippen molar-refractivity contribution in [3.05, 3.63) is 29.3 Å². The molecule has 0 heterocycles. The first-order valence-electron chi connectivity index (χ1n) is 7.63. The summed E-state index contributed by atoms with van der Waals surface area (Å²) in [7, 11) is 0. The summed E-state index contributed by atoms with van der Waals surface area (Å²) in [6.07, 6.45) is 5.70. The van der Waals surface area contributed by atoms with E-state index in [1.807, 2.05) is 12.1 Å². The van der Waals surface area contributed by atoms with Crippen molar-refractivity contribution >= 4 is 23.2 Å². The van der Waals surface area contributed by atoms with Gasteiger partial charge in [-0.25, -0.2) is 0 Å². The van der Waals surface area contributed by atoms with Crippen LogP contribution in [0, 0.1) is 11.8 Å². The average Bonchev–Trinajstić information content (AvgIpc) is 2.42. The van der Waals surface area contributed by atoms with Gasteiger partial charge in [0.25, 0.3) is 0 Å². The third-order valence-electron chi connectivity index (χ3n) is 3.42. The van der Waals surface area contributed by atoms with Crippen LogP contribution in [0.5, 0.6) is 0 Å². The molecule has 1 amide bonds. The Bertz CT molecular complexity index is 402. The van der Waals surface area contributed by atoms with E-state index in [2.05, 4.69) is 26.1 Å². The Hall–Kier alpha value is -1.02. The number of anilines is 1. The molecule has 0 saturated heterocycles. The van der Waals surface area contributed by atoms with E-state index in [-0.39, 0.29) is 11.8 Å². The third kappa shape index (κ3) is 5.96. The van der Waals surface area contributed by atoms with Crippen LogP contribution in [0.25, 0.3) is 0 Å². The number of carbonyl (C=O) groups excluding carboxylic acids is 1. The van der Waals surface area contributed by atoms with Crippen LogP contribution in [0.3, 0.4) is 0 Å². The van der Waals surface area contributed by atoms with Crippen molar-refractivity contribution in [2.75, 3.05) is 5.32 Å². The van der Waals surface area contributed by atoms with E-state index in [9.17, 15) is 4.79 Å². The van der Waals surface area contributed by atoms with Crippen LogP contribution >= 0.6 is 11.6 Å². The molecular weight excluding hydrogens is 270 g/mol. The van der Waals surface area contributed by atoms with Gasteiger partial charge in [0, 0.05) is 16.6 Å². The number of hydrogen-bond acceptors (Lipinski definition) is 1. The largest absolute Gasteiger partial charge is 0.326 e. The predicted octanol–water partition coefficient (Wildman–Crippen LogP) is 5.52. The SMILES string of the molecule is CC1CCCC(C(=O)Nc2ccc(Cl)cc2)C1.CCC. The molecule has 1 aromatic carbocycles. The van der Waals surface area contributed by atoms with Crippen LogP contribution < -0.4 is 5.32 Å². The van der Waals surface area contributed by atoms with E-state index in [4.69, 9.17) is 11.6 Å². The van der Waals surface area contributed by atoms with Crippen molar-refractivity contribution in [3.8, 4) is 0 Å². The maximum absolute atomic E-state index is 12.1. The van der Waals surface area contributed by atoms with Crippen LogP contribution in [-0.4, -0.2) is 5.91 Å². The number of rotatable bonds is 2. The van der Waals surface area contributed by atoms with Gasteiger partial charge in [-0.15, -0.1) is 0 Å². The molecular formula is C17H26ClNO. The number of hydrogen-bond donors (Lipinski definition) is 1. The predicted molar refractivity (Wildman–Crippen MR) is 87.2 cm³/mol. The number of amides is 1. The molecule has 1 aliphatic carbocycles. The van der Waals surface area contributed by atoms with Crippen molar-refractivity contribution in [1.82, 2.24) is 0 Å². The van der Waals surface area contributed by atoms with Crippen molar-refractivity contribution in [2.45, 2.75) is 52.9 Å². The molecule has 0 spiro atoms. The number of carbonyl (C=O) groups is 1. The highest BCUT2D eigenvalue weighted by Crippen LogP contribution is 2.29. The fraction of sp³-hybridized carbons (Fsp3) is 0.588. The van der Waals surface area contributed by atoms with Gasteiger partial charge < -0.3 is 5.32 Å². The fourth-order valence-electron chi connectivity index (χ4n) is 2.45. The van der Waals surface area contributed by atoms with Crippen molar-refractivity contribution in [1.29, 1.82) is 0 Å². The molecule has 1 saturated carbocycles. The lowest BCUT2D eigenvalue weighted by atomic mass is 9.82. The first kappa shape index (κ1) is 17.0. The summed E-state index contributed by atoms with van der Waals surface area (Å²) in [5.41, 5.74) is 0.831. The maximum Gasteiger partial charge on any atom is 0.227 e. The molecule has 112 valence electrons. The van der Waals surface area contributed by atoms with Crippen LogP contribution in [0.1, 0.15) is 52.9 Å². The van der Waals surface area contributed by atoms with Crippen molar-refractivity contribution < 1.29 is 4.79 Å². The van der Waals surface area contributed by atoms with Gasteiger partial charge in [-0.2, -0.15) is 0 Å². The molecule has 1 N–H and O–H groups in total. The minimum atomic E-state index is 0.152. The molecule has 2 atom stereocenters. The summed E-state index contributed by atoms with van der Waals surface area (Å²) in [5, 5.41) is 3.65. The Morgan fingerprint density at radius 2 is 1.85 bits per heavy atom. The Labute approximate surface area is 127 Å². The van der Waals surface area contributed by atoms with Gasteiger partial charge in [0.1, 0.15) is 0 Å². The van der Waals surface area contributed by atoms with E-state index in [0.29, 0.717) is 10.9 Å². The van der Waals surface area contributed by atoms with E-state index >= 15 is 0 Å². The molecule has 2 nitrogen and oxygen atoms in total. The molecule has 0 radical (unpaired) electrons. The Kier molecular flexibility index (Phi) is 7.68. The first-order valence-corrected chi connectivity index (χ1v) is 8.01. The maximum atomic E-state index is 12.1. The quantitative estimate of drug-likeness (QED) is 0.764. The minimum Gasteiger partial charge on any atom is -0.326 e. The van der Waals surface area contributed by atoms with E-state index < -0.39 is 0 Å². The lowest BCUT2D eigenvalue weighted by molar-refractivity contribution is -0.121. The van der Waals surface area contributed by atoms with Crippen LogP contribution in [0.15, 0.2) is 24.3 Å².